The number of hydrogen-bond donors (Lipinski definition) is 0. The lowest BCUT2D eigenvalue weighted by Gasteiger charge is -1.90. The predicted octanol–water partition coefficient (Wildman–Crippen LogP) is 7.21. The fraction of sp³-hybridized carbons (Fsp3) is 0. The van der Waals surface area contributed by atoms with Crippen LogP contribution in [0.25, 0.3) is 19.5 Å². The highest BCUT2D eigenvalue weighted by Crippen LogP contribution is 2.39. The molecule has 0 nitrogen and oxygen atoms in total. The summed E-state index contributed by atoms with van der Waals surface area (Å²) in [4.78, 5) is 7.18. The number of thiophene rings is 3. The molecule has 0 saturated carbocycles. The Hall–Kier alpha value is -3.26. The third-order valence-corrected chi connectivity index (χ3v) is 7.62. The first-order valence-electron chi connectivity index (χ1n) is 8.94. The summed E-state index contributed by atoms with van der Waals surface area (Å²) in [6.45, 7) is 0. The van der Waals surface area contributed by atoms with Crippen molar-refractivity contribution in [2.45, 2.75) is 0 Å². The molecule has 3 heteroatoms. The van der Waals surface area contributed by atoms with Gasteiger partial charge in [0.15, 0.2) is 0 Å². The van der Waals surface area contributed by atoms with Crippen molar-refractivity contribution in [3.05, 3.63) is 105 Å². The minimum atomic E-state index is 0.936. The molecule has 0 amide bonds. The molecule has 0 bridgehead atoms. The minimum Gasteiger partial charge on any atom is -0.134 e. The van der Waals surface area contributed by atoms with Crippen LogP contribution in [0.4, 0.5) is 0 Å². The van der Waals surface area contributed by atoms with Crippen LogP contribution < -0.4 is 0 Å². The smallest absolute Gasteiger partial charge is 0.0779 e. The van der Waals surface area contributed by atoms with Gasteiger partial charge in [-0.2, -0.15) is 0 Å². The Morgan fingerprint density at radius 2 is 0.966 bits per heavy atom. The van der Waals surface area contributed by atoms with Crippen LogP contribution in [-0.2, 0) is 0 Å². The number of rotatable bonds is 2. The molecule has 0 aromatic carbocycles. The van der Waals surface area contributed by atoms with Crippen LogP contribution in [0.15, 0.2) is 95.5 Å². The summed E-state index contributed by atoms with van der Waals surface area (Å²) < 4.78 is 0. The normalized spacial score (nSPS) is 13.1. The summed E-state index contributed by atoms with van der Waals surface area (Å²) in [6, 6.07) is 12.9. The lowest BCUT2D eigenvalue weighted by Crippen LogP contribution is -1.65. The molecular weight excluding hydrogens is 408 g/mol. The molecule has 134 valence electrons. The second-order valence-corrected chi connectivity index (χ2v) is 9.41. The highest BCUT2D eigenvalue weighted by atomic mass is 32.1. The van der Waals surface area contributed by atoms with Crippen LogP contribution in [0.3, 0.4) is 0 Å². The van der Waals surface area contributed by atoms with Gasteiger partial charge in [0, 0.05) is 19.5 Å². The van der Waals surface area contributed by atoms with E-state index in [9.17, 15) is 0 Å². The highest BCUT2D eigenvalue weighted by Gasteiger charge is 2.09. The zero-order valence-electron chi connectivity index (χ0n) is 15.2. The Morgan fingerprint density at radius 3 is 1.41 bits per heavy atom. The van der Waals surface area contributed by atoms with E-state index in [1.807, 2.05) is 47.8 Å². The lowest BCUT2D eigenvalue weighted by molar-refractivity contribution is 1.85. The van der Waals surface area contributed by atoms with Crippen LogP contribution in [-0.4, -0.2) is 0 Å². The highest BCUT2D eigenvalue weighted by molar-refractivity contribution is 7.26. The third kappa shape index (κ3) is 4.12. The maximum atomic E-state index is 3.23. The van der Waals surface area contributed by atoms with E-state index in [1.165, 1.54) is 19.5 Å². The minimum absolute atomic E-state index is 0.936. The Kier molecular flexibility index (Phi) is 4.92. The Bertz CT molecular complexity index is 1310. The summed E-state index contributed by atoms with van der Waals surface area (Å²) in [5.74, 6) is 12.8. The number of allylic oxidation sites excluding steroid dienone is 6. The summed E-state index contributed by atoms with van der Waals surface area (Å²) in [6.07, 6.45) is 11.6. The van der Waals surface area contributed by atoms with Gasteiger partial charge in [-0.15, -0.1) is 45.5 Å². The summed E-state index contributed by atoms with van der Waals surface area (Å²) in [5.41, 5.74) is 8.09. The topological polar surface area (TPSA) is 0 Å². The quantitative estimate of drug-likeness (QED) is 0.303. The average Bonchev–Trinajstić information content (AvgIpc) is 3.54. The van der Waals surface area contributed by atoms with E-state index in [0.29, 0.717) is 0 Å². The first kappa shape index (κ1) is 17.8. The molecule has 0 N–H and O–H groups in total. The molecule has 0 saturated heterocycles. The molecule has 0 atom stereocenters. The zero-order chi connectivity index (χ0) is 19.5. The van der Waals surface area contributed by atoms with E-state index in [4.69, 9.17) is 0 Å². The van der Waals surface area contributed by atoms with Gasteiger partial charge in [0.25, 0.3) is 0 Å². The van der Waals surface area contributed by atoms with Gasteiger partial charge in [-0.1, -0.05) is 35.8 Å². The summed E-state index contributed by atoms with van der Waals surface area (Å²) >= 11 is 5.27. The molecule has 3 aromatic heterocycles. The molecule has 2 aliphatic carbocycles. The van der Waals surface area contributed by atoms with Crippen molar-refractivity contribution in [1.82, 2.24) is 0 Å². The molecule has 0 aliphatic heterocycles. The molecule has 0 fully saturated rings. The zero-order valence-corrected chi connectivity index (χ0v) is 17.6. The third-order valence-electron chi connectivity index (χ3n) is 4.14. The Morgan fingerprint density at radius 1 is 0.517 bits per heavy atom. The molecule has 3 heterocycles. The molecular formula is C26H12S3. The second kappa shape index (κ2) is 8.00. The van der Waals surface area contributed by atoms with Gasteiger partial charge in [-0.25, -0.2) is 0 Å². The van der Waals surface area contributed by atoms with E-state index < -0.39 is 0 Å². The van der Waals surface area contributed by atoms with Crippen LogP contribution in [0.5, 0.6) is 0 Å². The van der Waals surface area contributed by atoms with E-state index in [2.05, 4.69) is 71.5 Å². The van der Waals surface area contributed by atoms with Gasteiger partial charge in [0.2, 0.25) is 0 Å². The molecule has 0 radical (unpaired) electrons. The van der Waals surface area contributed by atoms with Gasteiger partial charge >= 0.3 is 0 Å². The fourth-order valence-corrected chi connectivity index (χ4v) is 5.66. The standard InChI is InChI=1S/C26H12S3/c1-2-6-19(5-1)9-11-21-13-15-23(27-21)25-17-18-26(29-25)24-16-14-22(28-24)12-10-20-7-3-4-8-20/h1-5,7,13-18H. The fourth-order valence-electron chi connectivity index (χ4n) is 2.75. The largest absolute Gasteiger partial charge is 0.134 e. The molecule has 3 aromatic rings. The Labute approximate surface area is 181 Å². The Balaban J connectivity index is 1.34. The van der Waals surface area contributed by atoms with Crippen molar-refractivity contribution in [2.24, 2.45) is 0 Å². The molecule has 0 unspecified atom stereocenters. The summed E-state index contributed by atoms with van der Waals surface area (Å²) in [7, 11) is 0. The van der Waals surface area contributed by atoms with E-state index in [-0.39, 0.29) is 0 Å². The first-order valence-corrected chi connectivity index (χ1v) is 11.4. The predicted molar refractivity (Wildman–Crippen MR) is 126 cm³/mol. The van der Waals surface area contributed by atoms with E-state index >= 15 is 0 Å². The van der Waals surface area contributed by atoms with Crippen molar-refractivity contribution >= 4 is 34.0 Å². The first-order chi connectivity index (χ1) is 14.3. The molecule has 0 spiro atoms. The van der Waals surface area contributed by atoms with Gasteiger partial charge in [0.05, 0.1) is 20.9 Å². The molecule has 29 heavy (non-hydrogen) atoms. The second-order valence-electron chi connectivity index (χ2n) is 6.16. The maximum Gasteiger partial charge on any atom is 0.0779 e. The van der Waals surface area contributed by atoms with Gasteiger partial charge in [-0.3, -0.25) is 0 Å². The van der Waals surface area contributed by atoms with Crippen molar-refractivity contribution in [3.8, 4) is 43.2 Å². The van der Waals surface area contributed by atoms with Crippen LogP contribution in [0, 0.1) is 23.7 Å². The van der Waals surface area contributed by atoms with Crippen molar-refractivity contribution in [3.63, 3.8) is 0 Å². The van der Waals surface area contributed by atoms with Crippen LogP contribution in [0.1, 0.15) is 9.75 Å². The van der Waals surface area contributed by atoms with Crippen LogP contribution in [0.2, 0.25) is 0 Å². The lowest BCUT2D eigenvalue weighted by atomic mass is 10.3. The monoisotopic (exact) mass is 420 g/mol. The van der Waals surface area contributed by atoms with E-state index in [1.54, 1.807) is 22.7 Å². The van der Waals surface area contributed by atoms with Crippen molar-refractivity contribution in [1.29, 1.82) is 0 Å². The van der Waals surface area contributed by atoms with E-state index in [0.717, 1.165) is 20.9 Å². The van der Waals surface area contributed by atoms with Gasteiger partial charge in [-0.05, 0) is 60.7 Å². The molecule has 2 aliphatic rings. The average molecular weight is 421 g/mol. The molecule has 5 rings (SSSR count). The van der Waals surface area contributed by atoms with Crippen molar-refractivity contribution in [2.75, 3.05) is 0 Å². The van der Waals surface area contributed by atoms with Gasteiger partial charge < -0.3 is 0 Å². The summed E-state index contributed by atoms with van der Waals surface area (Å²) in [5, 5.41) is 0. The van der Waals surface area contributed by atoms with Crippen LogP contribution >= 0.6 is 34.0 Å². The van der Waals surface area contributed by atoms with Crippen molar-refractivity contribution < 1.29 is 0 Å². The van der Waals surface area contributed by atoms with Gasteiger partial charge in [0.1, 0.15) is 0 Å². The number of hydrogen-bond acceptors (Lipinski definition) is 3. The maximum absolute atomic E-state index is 3.23. The SMILES string of the molecule is C1=CC=CC=1C#Cc1ccc(-c2ccc(-c3ccc(C#CC4=C=CC=C4)s3)s2)s1.